The molecule has 1 fully saturated rings. The minimum absolute atomic E-state index is 0.221. The Morgan fingerprint density at radius 3 is 2.82 bits per heavy atom. The third kappa shape index (κ3) is 2.94. The third-order valence-electron chi connectivity index (χ3n) is 3.09. The maximum absolute atomic E-state index is 9.70. The Bertz CT molecular complexity index is 392. The van der Waals surface area contributed by atoms with Crippen LogP contribution in [0.3, 0.4) is 0 Å². The topological polar surface area (TPSA) is 49.2 Å². The predicted octanol–water partition coefficient (Wildman–Crippen LogP) is 1.87. The van der Waals surface area contributed by atoms with Crippen LogP contribution in [-0.2, 0) is 0 Å². The highest BCUT2D eigenvalue weighted by atomic mass is 16.3. The van der Waals surface area contributed by atoms with Crippen LogP contribution < -0.4 is 4.90 Å². The number of aliphatic hydroxyl groups excluding tert-OH is 1. The summed E-state index contributed by atoms with van der Waals surface area (Å²) in [6.45, 7) is 7.86. The van der Waals surface area contributed by atoms with E-state index in [0.29, 0.717) is 12.5 Å². The Hall–Kier alpha value is -1.16. The molecule has 0 bridgehead atoms. The van der Waals surface area contributed by atoms with E-state index in [1.54, 1.807) is 0 Å². The lowest BCUT2D eigenvalue weighted by atomic mass is 10.1. The molecule has 2 heterocycles. The van der Waals surface area contributed by atoms with Crippen LogP contribution in [0.5, 0.6) is 0 Å². The van der Waals surface area contributed by atoms with Crippen molar-refractivity contribution in [2.24, 2.45) is 0 Å². The molecule has 0 aliphatic carbocycles. The van der Waals surface area contributed by atoms with Gasteiger partial charge in [-0.3, -0.25) is 0 Å². The standard InChI is InChI=1S/C13H21N3O/c1-9(2)13-14-10(3)7-12(15-13)16-6-4-5-11(17)8-16/h7,9,11,17H,4-6,8H2,1-3H3. The molecule has 4 heteroatoms. The van der Waals surface area contributed by atoms with E-state index >= 15 is 0 Å². The van der Waals surface area contributed by atoms with Crippen molar-refractivity contribution in [2.75, 3.05) is 18.0 Å². The largest absolute Gasteiger partial charge is 0.391 e. The molecule has 2 rings (SSSR count). The minimum Gasteiger partial charge on any atom is -0.391 e. The van der Waals surface area contributed by atoms with Gasteiger partial charge >= 0.3 is 0 Å². The monoisotopic (exact) mass is 235 g/mol. The van der Waals surface area contributed by atoms with Crippen molar-refractivity contribution in [3.05, 3.63) is 17.6 Å². The molecule has 94 valence electrons. The molecule has 4 nitrogen and oxygen atoms in total. The highest BCUT2D eigenvalue weighted by Gasteiger charge is 2.20. The summed E-state index contributed by atoms with van der Waals surface area (Å²) >= 11 is 0. The van der Waals surface area contributed by atoms with Gasteiger partial charge in [0.1, 0.15) is 11.6 Å². The first-order valence-electron chi connectivity index (χ1n) is 6.35. The molecule has 1 N–H and O–H groups in total. The maximum Gasteiger partial charge on any atom is 0.133 e. The Morgan fingerprint density at radius 2 is 2.18 bits per heavy atom. The van der Waals surface area contributed by atoms with Gasteiger partial charge in [0.15, 0.2) is 0 Å². The van der Waals surface area contributed by atoms with E-state index in [9.17, 15) is 5.11 Å². The van der Waals surface area contributed by atoms with E-state index < -0.39 is 0 Å². The van der Waals surface area contributed by atoms with Gasteiger partial charge in [0, 0.05) is 30.8 Å². The highest BCUT2D eigenvalue weighted by molar-refractivity contribution is 5.40. The van der Waals surface area contributed by atoms with Gasteiger partial charge in [-0.05, 0) is 19.8 Å². The fourth-order valence-corrected chi connectivity index (χ4v) is 2.16. The highest BCUT2D eigenvalue weighted by Crippen LogP contribution is 2.20. The summed E-state index contributed by atoms with van der Waals surface area (Å²) in [7, 11) is 0. The van der Waals surface area contributed by atoms with Gasteiger partial charge in [-0.25, -0.2) is 9.97 Å². The lowest BCUT2D eigenvalue weighted by Crippen LogP contribution is -2.38. The number of anilines is 1. The second kappa shape index (κ2) is 5.00. The average molecular weight is 235 g/mol. The van der Waals surface area contributed by atoms with E-state index in [1.807, 2.05) is 13.0 Å². The van der Waals surface area contributed by atoms with Crippen molar-refractivity contribution in [1.29, 1.82) is 0 Å². The molecule has 1 unspecified atom stereocenters. The van der Waals surface area contributed by atoms with Gasteiger partial charge in [0.05, 0.1) is 6.10 Å². The normalized spacial score (nSPS) is 21.0. The van der Waals surface area contributed by atoms with Gasteiger partial charge in [-0.2, -0.15) is 0 Å². The lowest BCUT2D eigenvalue weighted by Gasteiger charge is -2.31. The number of aromatic nitrogens is 2. The van der Waals surface area contributed by atoms with E-state index in [2.05, 4.69) is 28.7 Å². The van der Waals surface area contributed by atoms with Crippen LogP contribution in [0.4, 0.5) is 5.82 Å². The number of hydrogen-bond acceptors (Lipinski definition) is 4. The first-order valence-corrected chi connectivity index (χ1v) is 6.35. The summed E-state index contributed by atoms with van der Waals surface area (Å²) in [6.07, 6.45) is 1.71. The van der Waals surface area contributed by atoms with E-state index in [0.717, 1.165) is 36.7 Å². The van der Waals surface area contributed by atoms with E-state index in [-0.39, 0.29) is 6.10 Å². The fourth-order valence-electron chi connectivity index (χ4n) is 2.16. The summed E-state index contributed by atoms with van der Waals surface area (Å²) in [5.74, 6) is 2.18. The number of aliphatic hydroxyl groups is 1. The van der Waals surface area contributed by atoms with E-state index in [4.69, 9.17) is 0 Å². The van der Waals surface area contributed by atoms with Gasteiger partial charge in [-0.1, -0.05) is 13.8 Å². The molecule has 0 radical (unpaired) electrons. The van der Waals surface area contributed by atoms with Crippen LogP contribution in [-0.4, -0.2) is 34.3 Å². The van der Waals surface area contributed by atoms with Gasteiger partial charge in [-0.15, -0.1) is 0 Å². The summed E-state index contributed by atoms with van der Waals surface area (Å²) in [5.41, 5.74) is 0.999. The molecule has 1 aliphatic heterocycles. The maximum atomic E-state index is 9.70. The van der Waals surface area contributed by atoms with Crippen molar-refractivity contribution in [2.45, 2.75) is 45.6 Å². The lowest BCUT2D eigenvalue weighted by molar-refractivity contribution is 0.154. The number of hydrogen-bond donors (Lipinski definition) is 1. The molecular weight excluding hydrogens is 214 g/mol. The quantitative estimate of drug-likeness (QED) is 0.850. The molecule has 1 aromatic rings. The molecule has 1 aliphatic rings. The second-order valence-corrected chi connectivity index (χ2v) is 5.12. The van der Waals surface area contributed by atoms with Crippen molar-refractivity contribution in [3.8, 4) is 0 Å². The Balaban J connectivity index is 2.25. The third-order valence-corrected chi connectivity index (χ3v) is 3.09. The van der Waals surface area contributed by atoms with Crippen LogP contribution in [0.25, 0.3) is 0 Å². The number of rotatable bonds is 2. The molecule has 0 aromatic carbocycles. The first-order chi connectivity index (χ1) is 8.06. The SMILES string of the molecule is Cc1cc(N2CCCC(O)C2)nc(C(C)C)n1. The zero-order valence-corrected chi connectivity index (χ0v) is 10.8. The number of nitrogens with zero attached hydrogens (tertiary/aromatic N) is 3. The van der Waals surface area contributed by atoms with Crippen LogP contribution >= 0.6 is 0 Å². The fraction of sp³-hybridized carbons (Fsp3) is 0.692. The Kier molecular flexibility index (Phi) is 3.62. The summed E-state index contributed by atoms with van der Waals surface area (Å²) in [4.78, 5) is 11.2. The molecule has 0 saturated carbocycles. The summed E-state index contributed by atoms with van der Waals surface area (Å²) in [5, 5.41) is 9.70. The second-order valence-electron chi connectivity index (χ2n) is 5.12. The van der Waals surface area contributed by atoms with Crippen LogP contribution in [0, 0.1) is 6.92 Å². The van der Waals surface area contributed by atoms with Gasteiger partial charge in [0.25, 0.3) is 0 Å². The molecule has 17 heavy (non-hydrogen) atoms. The summed E-state index contributed by atoms with van der Waals surface area (Å²) < 4.78 is 0. The molecule has 1 saturated heterocycles. The first kappa shape index (κ1) is 12.3. The minimum atomic E-state index is -0.221. The van der Waals surface area contributed by atoms with Crippen molar-refractivity contribution in [1.82, 2.24) is 9.97 Å². The van der Waals surface area contributed by atoms with Crippen molar-refractivity contribution < 1.29 is 5.11 Å². The van der Waals surface area contributed by atoms with Crippen molar-refractivity contribution >= 4 is 5.82 Å². The van der Waals surface area contributed by atoms with Gasteiger partial charge in [0.2, 0.25) is 0 Å². The average Bonchev–Trinajstić information content (AvgIpc) is 2.28. The molecule has 0 spiro atoms. The summed E-state index contributed by atoms with van der Waals surface area (Å²) in [6, 6.07) is 2.00. The van der Waals surface area contributed by atoms with E-state index in [1.165, 1.54) is 0 Å². The smallest absolute Gasteiger partial charge is 0.133 e. The molecular formula is C13H21N3O. The zero-order valence-electron chi connectivity index (χ0n) is 10.8. The zero-order chi connectivity index (χ0) is 12.4. The number of piperidine rings is 1. The van der Waals surface area contributed by atoms with Crippen molar-refractivity contribution in [3.63, 3.8) is 0 Å². The predicted molar refractivity (Wildman–Crippen MR) is 68.3 cm³/mol. The molecule has 1 atom stereocenters. The molecule has 1 aromatic heterocycles. The number of aryl methyl sites for hydroxylation is 1. The van der Waals surface area contributed by atoms with Gasteiger partial charge < -0.3 is 10.0 Å². The Morgan fingerprint density at radius 1 is 1.41 bits per heavy atom. The van der Waals surface area contributed by atoms with Crippen LogP contribution in [0.2, 0.25) is 0 Å². The molecule has 0 amide bonds. The van der Waals surface area contributed by atoms with Crippen LogP contribution in [0.15, 0.2) is 6.07 Å². The van der Waals surface area contributed by atoms with Crippen LogP contribution in [0.1, 0.15) is 44.1 Å². The Labute approximate surface area is 103 Å². The number of β-amino-alcohol motifs (C(OH)–C–C–N with tert-alkyl or cyclic N) is 1.